The number of halogens is 1. The Morgan fingerprint density at radius 3 is 2.63 bits per heavy atom. The number of ether oxygens (including phenoxy) is 1. The second-order valence-corrected chi connectivity index (χ2v) is 8.70. The van der Waals surface area contributed by atoms with Gasteiger partial charge in [0.25, 0.3) is 0 Å². The van der Waals surface area contributed by atoms with Gasteiger partial charge in [0.2, 0.25) is 5.91 Å². The molecule has 4 rings (SSSR count). The summed E-state index contributed by atoms with van der Waals surface area (Å²) in [6.07, 6.45) is 3.95. The Kier molecular flexibility index (Phi) is 6.68. The zero-order valence-corrected chi connectivity index (χ0v) is 17.7. The molecule has 0 bridgehead atoms. The summed E-state index contributed by atoms with van der Waals surface area (Å²) in [4.78, 5) is 17.3. The predicted molar refractivity (Wildman–Crippen MR) is 116 cm³/mol. The van der Waals surface area contributed by atoms with Crippen LogP contribution in [-0.4, -0.2) is 55.5 Å². The van der Waals surface area contributed by atoms with Crippen LogP contribution in [-0.2, 0) is 17.6 Å². The van der Waals surface area contributed by atoms with Gasteiger partial charge in [-0.05, 0) is 74.0 Å². The van der Waals surface area contributed by atoms with Gasteiger partial charge in [-0.15, -0.1) is 0 Å². The Hall–Kier alpha value is -2.40. The van der Waals surface area contributed by atoms with Crippen LogP contribution in [0.3, 0.4) is 0 Å². The molecular weight excluding hydrogens is 379 g/mol. The fourth-order valence-corrected chi connectivity index (χ4v) is 4.61. The minimum absolute atomic E-state index is 0.0827. The topological polar surface area (TPSA) is 32.8 Å². The first-order valence-corrected chi connectivity index (χ1v) is 11.0. The molecule has 160 valence electrons. The highest BCUT2D eigenvalue weighted by molar-refractivity contribution is 5.79. The summed E-state index contributed by atoms with van der Waals surface area (Å²) in [5.74, 6) is 1.40. The van der Waals surface area contributed by atoms with E-state index in [0.29, 0.717) is 12.5 Å². The third-order valence-electron chi connectivity index (χ3n) is 6.47. The van der Waals surface area contributed by atoms with Crippen LogP contribution >= 0.6 is 0 Å². The molecule has 0 aliphatic carbocycles. The summed E-state index contributed by atoms with van der Waals surface area (Å²) in [5, 5.41) is 0. The standard InChI is InChI=1S/C25H31FN2O2/c1-27(25(29)22-16-21-4-2-3-5-24(21)30-18-22)17-20-11-14-28(15-12-20)13-10-19-6-8-23(26)9-7-19/h2-9,20,22H,10-18H2,1H3. The molecule has 1 amide bonds. The van der Waals surface area contributed by atoms with E-state index >= 15 is 0 Å². The SMILES string of the molecule is CN(CC1CCN(CCc2ccc(F)cc2)CC1)C(=O)C1COc2ccccc2C1. The van der Waals surface area contributed by atoms with Gasteiger partial charge in [0.1, 0.15) is 18.2 Å². The molecule has 0 saturated carbocycles. The van der Waals surface area contributed by atoms with Crippen molar-refractivity contribution in [3.63, 3.8) is 0 Å². The highest BCUT2D eigenvalue weighted by Gasteiger charge is 2.29. The summed E-state index contributed by atoms with van der Waals surface area (Å²) < 4.78 is 18.8. The molecule has 4 nitrogen and oxygen atoms in total. The van der Waals surface area contributed by atoms with Gasteiger partial charge in [0, 0.05) is 20.1 Å². The molecular formula is C25H31FN2O2. The fourth-order valence-electron chi connectivity index (χ4n) is 4.61. The summed E-state index contributed by atoms with van der Waals surface area (Å²) in [6, 6.07) is 14.8. The Morgan fingerprint density at radius 1 is 1.13 bits per heavy atom. The van der Waals surface area contributed by atoms with E-state index < -0.39 is 0 Å². The molecule has 1 fully saturated rings. The van der Waals surface area contributed by atoms with Crippen LogP contribution < -0.4 is 4.74 Å². The predicted octanol–water partition coefficient (Wildman–Crippen LogP) is 3.79. The molecule has 0 spiro atoms. The van der Waals surface area contributed by atoms with Crippen molar-refractivity contribution in [3.8, 4) is 5.75 Å². The monoisotopic (exact) mass is 410 g/mol. The average Bonchev–Trinajstić information content (AvgIpc) is 2.79. The molecule has 30 heavy (non-hydrogen) atoms. The first-order chi connectivity index (χ1) is 14.6. The minimum atomic E-state index is -0.178. The third kappa shape index (κ3) is 5.20. The van der Waals surface area contributed by atoms with Gasteiger partial charge >= 0.3 is 0 Å². The second-order valence-electron chi connectivity index (χ2n) is 8.70. The summed E-state index contributed by atoms with van der Waals surface area (Å²) in [7, 11) is 1.93. The zero-order chi connectivity index (χ0) is 20.9. The molecule has 2 heterocycles. The maximum Gasteiger partial charge on any atom is 0.229 e. The lowest BCUT2D eigenvalue weighted by Gasteiger charge is -2.35. The summed E-state index contributed by atoms with van der Waals surface area (Å²) >= 11 is 0. The number of nitrogens with zero attached hydrogens (tertiary/aromatic N) is 2. The number of piperidine rings is 1. The van der Waals surface area contributed by atoms with Crippen LogP contribution in [0.5, 0.6) is 5.75 Å². The third-order valence-corrected chi connectivity index (χ3v) is 6.47. The van der Waals surface area contributed by atoms with Gasteiger partial charge in [-0.3, -0.25) is 4.79 Å². The molecule has 2 aliphatic heterocycles. The van der Waals surface area contributed by atoms with Gasteiger partial charge in [-0.25, -0.2) is 4.39 Å². The van der Waals surface area contributed by atoms with E-state index in [-0.39, 0.29) is 17.6 Å². The maximum absolute atomic E-state index is 13.0. The van der Waals surface area contributed by atoms with E-state index in [1.54, 1.807) is 0 Å². The number of amides is 1. The van der Waals surface area contributed by atoms with E-state index in [1.165, 1.54) is 17.7 Å². The molecule has 1 saturated heterocycles. The van der Waals surface area contributed by atoms with E-state index in [1.807, 2.05) is 42.3 Å². The lowest BCUT2D eigenvalue weighted by atomic mass is 9.93. The number of carbonyl (C=O) groups is 1. The normalized spacial score (nSPS) is 19.7. The number of carbonyl (C=O) groups excluding carboxylic acids is 1. The number of hydrogen-bond acceptors (Lipinski definition) is 3. The van der Waals surface area contributed by atoms with Crippen molar-refractivity contribution in [2.24, 2.45) is 11.8 Å². The van der Waals surface area contributed by atoms with E-state index in [0.717, 1.165) is 63.2 Å². The van der Waals surface area contributed by atoms with Crippen molar-refractivity contribution in [2.75, 3.05) is 39.8 Å². The fraction of sp³-hybridized carbons (Fsp3) is 0.480. The van der Waals surface area contributed by atoms with Crippen molar-refractivity contribution in [1.29, 1.82) is 0 Å². The number of rotatable bonds is 6. The number of fused-ring (bicyclic) bond motifs is 1. The Morgan fingerprint density at radius 2 is 1.87 bits per heavy atom. The van der Waals surface area contributed by atoms with Gasteiger partial charge in [0.15, 0.2) is 0 Å². The van der Waals surface area contributed by atoms with Crippen LogP contribution in [0, 0.1) is 17.7 Å². The first kappa shape index (κ1) is 20.9. The largest absolute Gasteiger partial charge is 0.492 e. The quantitative estimate of drug-likeness (QED) is 0.726. The van der Waals surface area contributed by atoms with Crippen molar-refractivity contribution < 1.29 is 13.9 Å². The van der Waals surface area contributed by atoms with Crippen LogP contribution in [0.1, 0.15) is 24.0 Å². The molecule has 0 aromatic heterocycles. The van der Waals surface area contributed by atoms with Crippen molar-refractivity contribution in [3.05, 3.63) is 65.5 Å². The molecule has 0 N–H and O–H groups in total. The van der Waals surface area contributed by atoms with Gasteiger partial charge in [-0.1, -0.05) is 30.3 Å². The van der Waals surface area contributed by atoms with Crippen LogP contribution in [0.25, 0.3) is 0 Å². The smallest absolute Gasteiger partial charge is 0.229 e. The number of likely N-dealkylation sites (tertiary alicyclic amines) is 1. The number of benzene rings is 2. The Bertz CT molecular complexity index is 846. The van der Waals surface area contributed by atoms with Crippen molar-refractivity contribution in [1.82, 2.24) is 9.80 Å². The van der Waals surface area contributed by atoms with Gasteiger partial charge < -0.3 is 14.5 Å². The molecule has 5 heteroatoms. The number of para-hydroxylation sites is 1. The number of hydrogen-bond donors (Lipinski definition) is 0. The highest BCUT2D eigenvalue weighted by atomic mass is 19.1. The molecule has 2 aliphatic rings. The molecule has 1 unspecified atom stereocenters. The summed E-state index contributed by atoms with van der Waals surface area (Å²) in [6.45, 7) is 4.43. The van der Waals surface area contributed by atoms with Crippen LogP contribution in [0.2, 0.25) is 0 Å². The van der Waals surface area contributed by atoms with Gasteiger partial charge in [-0.2, -0.15) is 0 Å². The van der Waals surface area contributed by atoms with Crippen molar-refractivity contribution >= 4 is 5.91 Å². The summed E-state index contributed by atoms with van der Waals surface area (Å²) in [5.41, 5.74) is 2.31. The Balaban J connectivity index is 1.20. The Labute approximate surface area is 178 Å². The lowest BCUT2D eigenvalue weighted by Crippen LogP contribution is -2.43. The first-order valence-electron chi connectivity index (χ1n) is 11.0. The van der Waals surface area contributed by atoms with Gasteiger partial charge in [0.05, 0.1) is 5.92 Å². The molecule has 2 aromatic carbocycles. The van der Waals surface area contributed by atoms with E-state index in [2.05, 4.69) is 11.0 Å². The van der Waals surface area contributed by atoms with E-state index in [9.17, 15) is 9.18 Å². The zero-order valence-electron chi connectivity index (χ0n) is 17.7. The average molecular weight is 411 g/mol. The molecule has 0 radical (unpaired) electrons. The van der Waals surface area contributed by atoms with E-state index in [4.69, 9.17) is 4.74 Å². The maximum atomic E-state index is 13.0. The second kappa shape index (κ2) is 9.61. The molecule has 2 aromatic rings. The van der Waals surface area contributed by atoms with Crippen LogP contribution in [0.4, 0.5) is 4.39 Å². The van der Waals surface area contributed by atoms with Crippen LogP contribution in [0.15, 0.2) is 48.5 Å². The lowest BCUT2D eigenvalue weighted by molar-refractivity contribution is -0.136. The molecule has 1 atom stereocenters. The van der Waals surface area contributed by atoms with Crippen molar-refractivity contribution in [2.45, 2.75) is 25.7 Å². The highest BCUT2D eigenvalue weighted by Crippen LogP contribution is 2.28. The minimum Gasteiger partial charge on any atom is -0.492 e.